The molecule has 1 aromatic rings. The number of nitrogens with zero attached hydrogens (tertiary/aromatic N) is 2. The average molecular weight is 381 g/mol. The Morgan fingerprint density at radius 2 is 1.79 bits per heavy atom. The zero-order valence-electron chi connectivity index (χ0n) is 15.1. The number of hydrogen-bond acceptors (Lipinski definition) is 5. The first-order valence-electron chi connectivity index (χ1n) is 9.49. The van der Waals surface area contributed by atoms with Gasteiger partial charge in [-0.3, -0.25) is 29.4 Å². The Balaban J connectivity index is 1.36. The van der Waals surface area contributed by atoms with Crippen LogP contribution >= 0.6 is 0 Å². The van der Waals surface area contributed by atoms with Crippen LogP contribution in [-0.4, -0.2) is 33.6 Å². The minimum absolute atomic E-state index is 0.105. The second-order valence-corrected chi connectivity index (χ2v) is 8.17. The van der Waals surface area contributed by atoms with Crippen LogP contribution in [0.2, 0.25) is 0 Å². The largest absolute Gasteiger partial charge is 0.324 e. The van der Waals surface area contributed by atoms with E-state index < -0.39 is 16.9 Å². The molecule has 8 heteroatoms. The lowest BCUT2D eigenvalue weighted by molar-refractivity contribution is -0.384. The number of nitro groups is 1. The minimum Gasteiger partial charge on any atom is -0.324 e. The predicted molar refractivity (Wildman–Crippen MR) is 97.7 cm³/mol. The Morgan fingerprint density at radius 3 is 2.36 bits per heavy atom. The summed E-state index contributed by atoms with van der Waals surface area (Å²) >= 11 is 0. The number of imide groups is 1. The number of hydrogen-bond donors (Lipinski definition) is 1. The summed E-state index contributed by atoms with van der Waals surface area (Å²) in [6.45, 7) is 1.52. The summed E-state index contributed by atoms with van der Waals surface area (Å²) in [5.41, 5.74) is 0.109. The van der Waals surface area contributed by atoms with Crippen molar-refractivity contribution >= 4 is 29.1 Å². The molecule has 1 heterocycles. The number of anilines is 1. The van der Waals surface area contributed by atoms with Crippen LogP contribution in [0, 0.1) is 45.6 Å². The number of nitro benzene ring substituents is 1. The van der Waals surface area contributed by atoms with Gasteiger partial charge in [0.15, 0.2) is 0 Å². The Bertz CT molecular complexity index is 921. The van der Waals surface area contributed by atoms with Crippen molar-refractivity contribution in [2.45, 2.75) is 19.4 Å². The second-order valence-electron chi connectivity index (χ2n) is 8.17. The van der Waals surface area contributed by atoms with Crippen molar-refractivity contribution in [2.24, 2.45) is 35.5 Å². The van der Waals surface area contributed by atoms with Crippen molar-refractivity contribution in [3.8, 4) is 0 Å². The molecular formula is C20H19N3O5. The van der Waals surface area contributed by atoms with Gasteiger partial charge in [0.2, 0.25) is 17.7 Å². The first kappa shape index (κ1) is 17.1. The smallest absolute Gasteiger partial charge is 0.271 e. The van der Waals surface area contributed by atoms with Crippen LogP contribution in [-0.2, 0) is 14.4 Å². The van der Waals surface area contributed by atoms with E-state index in [0.29, 0.717) is 11.8 Å². The van der Waals surface area contributed by atoms with Gasteiger partial charge < -0.3 is 5.32 Å². The lowest BCUT2D eigenvalue weighted by Crippen LogP contribution is -2.46. The molecule has 3 fully saturated rings. The molecule has 2 saturated carbocycles. The van der Waals surface area contributed by atoms with E-state index >= 15 is 0 Å². The molecular weight excluding hydrogens is 362 g/mol. The highest BCUT2D eigenvalue weighted by molar-refractivity contribution is 6.10. The van der Waals surface area contributed by atoms with Crippen LogP contribution in [0.15, 0.2) is 36.4 Å². The summed E-state index contributed by atoms with van der Waals surface area (Å²) in [6, 6.07) is 4.60. The summed E-state index contributed by atoms with van der Waals surface area (Å²) in [7, 11) is 0. The van der Waals surface area contributed by atoms with Gasteiger partial charge in [0, 0.05) is 17.8 Å². The second kappa shape index (κ2) is 5.73. The van der Waals surface area contributed by atoms with E-state index in [9.17, 15) is 24.5 Å². The maximum atomic E-state index is 13.0. The van der Waals surface area contributed by atoms with Gasteiger partial charge in [-0.2, -0.15) is 0 Å². The molecule has 4 aliphatic carbocycles. The van der Waals surface area contributed by atoms with Gasteiger partial charge in [0.25, 0.3) is 5.69 Å². The quantitative estimate of drug-likeness (QED) is 0.371. The topological polar surface area (TPSA) is 110 Å². The third kappa shape index (κ3) is 2.26. The van der Waals surface area contributed by atoms with Gasteiger partial charge in [-0.1, -0.05) is 18.2 Å². The molecule has 0 radical (unpaired) electrons. The van der Waals surface area contributed by atoms with Crippen molar-refractivity contribution in [2.75, 3.05) is 5.32 Å². The van der Waals surface area contributed by atoms with E-state index in [0.717, 1.165) is 11.3 Å². The number of benzene rings is 1. The highest BCUT2D eigenvalue weighted by atomic mass is 16.6. The van der Waals surface area contributed by atoms with Crippen LogP contribution in [0.3, 0.4) is 0 Å². The number of nitrogens with one attached hydrogen (secondary N) is 1. The van der Waals surface area contributed by atoms with Crippen LogP contribution in [0.4, 0.5) is 11.4 Å². The molecule has 0 aromatic heterocycles. The van der Waals surface area contributed by atoms with Crippen molar-refractivity contribution in [1.82, 2.24) is 4.90 Å². The Morgan fingerprint density at radius 1 is 1.18 bits per heavy atom. The third-order valence-electron chi connectivity index (χ3n) is 6.79. The van der Waals surface area contributed by atoms with Gasteiger partial charge in [0.05, 0.1) is 16.8 Å². The van der Waals surface area contributed by atoms with Crippen LogP contribution in [0.1, 0.15) is 13.3 Å². The van der Waals surface area contributed by atoms with Gasteiger partial charge >= 0.3 is 0 Å². The van der Waals surface area contributed by atoms with E-state index in [2.05, 4.69) is 17.5 Å². The number of allylic oxidation sites excluding steroid dienone is 2. The molecule has 28 heavy (non-hydrogen) atoms. The molecule has 1 aromatic carbocycles. The van der Waals surface area contributed by atoms with E-state index in [-0.39, 0.29) is 46.9 Å². The molecule has 2 bridgehead atoms. The fraction of sp³-hybridized carbons (Fsp3) is 0.450. The van der Waals surface area contributed by atoms with Crippen LogP contribution in [0.5, 0.6) is 0 Å². The number of carbonyl (C=O) groups excluding carboxylic acids is 3. The molecule has 0 spiro atoms. The third-order valence-corrected chi connectivity index (χ3v) is 6.79. The van der Waals surface area contributed by atoms with Gasteiger partial charge in [0.1, 0.15) is 6.04 Å². The maximum absolute atomic E-state index is 13.0. The number of rotatable bonds is 4. The summed E-state index contributed by atoms with van der Waals surface area (Å²) in [5, 5.41) is 13.5. The monoisotopic (exact) mass is 381 g/mol. The summed E-state index contributed by atoms with van der Waals surface area (Å²) in [5.74, 6) is -0.543. The molecule has 3 amide bonds. The molecule has 5 aliphatic rings. The van der Waals surface area contributed by atoms with Crippen molar-refractivity contribution in [1.29, 1.82) is 0 Å². The van der Waals surface area contributed by atoms with Gasteiger partial charge in [-0.05, 0) is 43.1 Å². The van der Waals surface area contributed by atoms with E-state index in [1.165, 1.54) is 31.2 Å². The zero-order valence-corrected chi connectivity index (χ0v) is 15.1. The Kier molecular flexibility index (Phi) is 3.50. The Hall–Kier alpha value is -3.03. The zero-order chi connectivity index (χ0) is 19.7. The highest BCUT2D eigenvalue weighted by Gasteiger charge is 2.67. The van der Waals surface area contributed by atoms with Crippen molar-refractivity contribution in [3.05, 3.63) is 46.5 Å². The molecule has 0 unspecified atom stereocenters. The standard InChI is InChI=1S/C20H19N3O5/c1-9(18(24)21-10-3-2-4-11(7-10)23(27)28)22-19(25)16-12-5-6-13(15-8-14(12)15)17(16)20(22)26/h2-7,9,12-17H,8H2,1H3,(H,21,24)/t9-,12-,13-,14-,15+,16+,17+/m1/s1. The molecule has 7 atom stereocenters. The van der Waals surface area contributed by atoms with Crippen molar-refractivity contribution < 1.29 is 19.3 Å². The number of likely N-dealkylation sites (tertiary alicyclic amines) is 1. The minimum atomic E-state index is -0.972. The van der Waals surface area contributed by atoms with Crippen molar-refractivity contribution in [3.63, 3.8) is 0 Å². The normalized spacial score (nSPS) is 35.4. The van der Waals surface area contributed by atoms with Gasteiger partial charge in [-0.25, -0.2) is 0 Å². The predicted octanol–water partition coefficient (Wildman–Crippen LogP) is 1.97. The van der Waals surface area contributed by atoms with E-state index in [4.69, 9.17) is 0 Å². The fourth-order valence-corrected chi connectivity index (χ4v) is 5.42. The molecule has 144 valence electrons. The van der Waals surface area contributed by atoms with E-state index in [1.54, 1.807) is 0 Å². The summed E-state index contributed by atoms with van der Waals surface area (Å²) in [4.78, 5) is 50.2. The van der Waals surface area contributed by atoms with E-state index in [1.807, 2.05) is 0 Å². The van der Waals surface area contributed by atoms with Gasteiger partial charge in [-0.15, -0.1) is 0 Å². The maximum Gasteiger partial charge on any atom is 0.271 e. The number of carbonyl (C=O) groups is 3. The fourth-order valence-electron chi connectivity index (χ4n) is 5.42. The SMILES string of the molecule is C[C@H](C(=O)Nc1cccc([N+](=O)[O-])c1)N1C(=O)[C@H]2[C@@H]3C=C[C@H]([C@@H]4C[C@H]34)[C@@H]2C1=O. The molecule has 6 rings (SSSR count). The number of amides is 3. The Labute approximate surface area is 160 Å². The van der Waals surface area contributed by atoms with Crippen LogP contribution in [0.25, 0.3) is 0 Å². The summed E-state index contributed by atoms with van der Waals surface area (Å²) in [6.07, 6.45) is 5.25. The summed E-state index contributed by atoms with van der Waals surface area (Å²) < 4.78 is 0. The first-order valence-corrected chi connectivity index (χ1v) is 9.49. The lowest BCUT2D eigenvalue weighted by atomic mass is 9.63. The van der Waals surface area contributed by atoms with Crippen LogP contribution < -0.4 is 5.32 Å². The average Bonchev–Trinajstić information content (AvgIpc) is 3.45. The molecule has 8 nitrogen and oxygen atoms in total. The number of non-ortho nitro benzene ring substituents is 1. The lowest BCUT2D eigenvalue weighted by Gasteiger charge is -2.37. The first-order chi connectivity index (χ1) is 13.4. The molecule has 1 saturated heterocycles. The molecule has 1 N–H and O–H groups in total. The molecule has 1 aliphatic heterocycles. The highest BCUT2D eigenvalue weighted by Crippen LogP contribution is 2.65.